The van der Waals surface area contributed by atoms with Crippen LogP contribution in [0.3, 0.4) is 0 Å². The predicted octanol–water partition coefficient (Wildman–Crippen LogP) is 8.70. The van der Waals surface area contributed by atoms with Crippen LogP contribution < -0.4 is 0 Å². The number of hydrogen-bond donors (Lipinski definition) is 1. The molecule has 1 aliphatic rings. The average Bonchev–Trinajstić information content (AvgIpc) is 2.96. The van der Waals surface area contributed by atoms with Crippen molar-refractivity contribution in [1.29, 1.82) is 0 Å². The summed E-state index contributed by atoms with van der Waals surface area (Å²) in [5.41, 5.74) is 7.29. The number of aliphatic hydroxyl groups is 1. The first kappa shape index (κ1) is 21.4. The molecule has 0 spiro atoms. The Morgan fingerprint density at radius 1 is 0.529 bits per heavy atom. The molecule has 6 rings (SSSR count). The van der Waals surface area contributed by atoms with Crippen LogP contribution in [-0.2, 0) is 5.60 Å². The first-order valence-corrected chi connectivity index (χ1v) is 12.3. The van der Waals surface area contributed by atoms with Crippen LogP contribution in [0.1, 0.15) is 16.7 Å². The molecule has 0 amide bonds. The van der Waals surface area contributed by atoms with E-state index in [1.807, 2.05) is 72.8 Å². The number of fused-ring (bicyclic) bond motifs is 5. The van der Waals surface area contributed by atoms with Crippen molar-refractivity contribution in [3.05, 3.63) is 141 Å². The maximum absolute atomic E-state index is 13.0. The third-order valence-corrected chi connectivity index (χ3v) is 7.38. The lowest BCUT2D eigenvalue weighted by atomic mass is 9.75. The normalized spacial score (nSPS) is 16.2. The summed E-state index contributed by atoms with van der Waals surface area (Å²) in [6.45, 7) is 0. The maximum atomic E-state index is 13.0. The van der Waals surface area contributed by atoms with E-state index in [9.17, 15) is 5.11 Å². The van der Waals surface area contributed by atoms with E-state index in [-0.39, 0.29) is 0 Å². The van der Waals surface area contributed by atoms with E-state index in [0.29, 0.717) is 5.02 Å². The summed E-state index contributed by atoms with van der Waals surface area (Å²) in [5.74, 6) is 0. The van der Waals surface area contributed by atoms with Crippen molar-refractivity contribution in [3.8, 4) is 33.4 Å². The Bertz CT molecular complexity index is 1560. The second kappa shape index (κ2) is 8.25. The van der Waals surface area contributed by atoms with Gasteiger partial charge in [-0.2, -0.15) is 0 Å². The highest BCUT2D eigenvalue weighted by Gasteiger charge is 2.41. The van der Waals surface area contributed by atoms with Crippen molar-refractivity contribution < 1.29 is 5.11 Å². The Morgan fingerprint density at radius 2 is 1.09 bits per heavy atom. The van der Waals surface area contributed by atoms with Gasteiger partial charge in [-0.3, -0.25) is 0 Å². The molecule has 0 bridgehead atoms. The summed E-state index contributed by atoms with van der Waals surface area (Å²) in [4.78, 5) is 0. The van der Waals surface area contributed by atoms with Gasteiger partial charge in [0, 0.05) is 26.2 Å². The van der Waals surface area contributed by atoms with E-state index in [0.717, 1.165) is 54.5 Å². The molecule has 1 N–H and O–H groups in total. The molecule has 1 nitrogen and oxygen atoms in total. The highest BCUT2D eigenvalue weighted by Crippen LogP contribution is 2.52. The summed E-state index contributed by atoms with van der Waals surface area (Å²) < 4.78 is 0.970. The Morgan fingerprint density at radius 3 is 1.79 bits per heavy atom. The van der Waals surface area contributed by atoms with E-state index >= 15 is 0 Å². The van der Waals surface area contributed by atoms with Gasteiger partial charge in [-0.25, -0.2) is 0 Å². The van der Waals surface area contributed by atoms with Crippen molar-refractivity contribution in [2.75, 3.05) is 0 Å². The van der Waals surface area contributed by atoms with E-state index in [1.54, 1.807) is 0 Å². The molecule has 5 aromatic carbocycles. The SMILES string of the molecule is OC1(c2ccccc2-c2cccc(Cl)c2)c2ccccc2-c2ccccc2-c2cc(Br)ccc21. The van der Waals surface area contributed by atoms with Crippen LogP contribution in [0, 0.1) is 0 Å². The Hall–Kier alpha value is -3.17. The molecule has 0 heterocycles. The van der Waals surface area contributed by atoms with Crippen LogP contribution in [-0.4, -0.2) is 5.11 Å². The molecule has 1 unspecified atom stereocenters. The van der Waals surface area contributed by atoms with Crippen molar-refractivity contribution in [3.63, 3.8) is 0 Å². The smallest absolute Gasteiger partial charge is 0.142 e. The molecule has 0 aromatic heterocycles. The molecule has 0 saturated carbocycles. The largest absolute Gasteiger partial charge is 0.376 e. The molecule has 164 valence electrons. The fraction of sp³-hybridized carbons (Fsp3) is 0.0323. The first-order chi connectivity index (χ1) is 16.6. The van der Waals surface area contributed by atoms with Gasteiger partial charge in [-0.05, 0) is 57.6 Å². The number of benzene rings is 5. The summed E-state index contributed by atoms with van der Waals surface area (Å²) in [7, 11) is 0. The minimum atomic E-state index is -1.38. The average molecular weight is 524 g/mol. The van der Waals surface area contributed by atoms with Gasteiger partial charge in [0.25, 0.3) is 0 Å². The highest BCUT2D eigenvalue weighted by atomic mass is 79.9. The molecule has 1 atom stereocenters. The second-order valence-electron chi connectivity index (χ2n) is 8.55. The quantitative estimate of drug-likeness (QED) is 0.245. The predicted molar refractivity (Wildman–Crippen MR) is 144 cm³/mol. The van der Waals surface area contributed by atoms with Crippen molar-refractivity contribution in [2.24, 2.45) is 0 Å². The summed E-state index contributed by atoms with van der Waals surface area (Å²) in [6.07, 6.45) is 0. The highest BCUT2D eigenvalue weighted by molar-refractivity contribution is 9.10. The Kier molecular flexibility index (Phi) is 5.18. The molecule has 3 heteroatoms. The lowest BCUT2D eigenvalue weighted by Gasteiger charge is -2.33. The molecule has 1 aliphatic carbocycles. The van der Waals surface area contributed by atoms with Crippen LogP contribution in [0.5, 0.6) is 0 Å². The minimum Gasteiger partial charge on any atom is -0.376 e. The number of hydrogen-bond acceptors (Lipinski definition) is 1. The zero-order valence-electron chi connectivity index (χ0n) is 18.2. The van der Waals surface area contributed by atoms with Gasteiger partial charge < -0.3 is 5.11 Å². The first-order valence-electron chi connectivity index (χ1n) is 11.1. The Balaban J connectivity index is 1.77. The van der Waals surface area contributed by atoms with Gasteiger partial charge in [-0.1, -0.05) is 119 Å². The lowest BCUT2D eigenvalue weighted by Crippen LogP contribution is -2.30. The fourth-order valence-corrected chi connectivity index (χ4v) is 5.73. The van der Waals surface area contributed by atoms with Crippen LogP contribution in [0.4, 0.5) is 0 Å². The van der Waals surface area contributed by atoms with Crippen molar-refractivity contribution in [1.82, 2.24) is 0 Å². The van der Waals surface area contributed by atoms with E-state index in [4.69, 9.17) is 11.6 Å². The van der Waals surface area contributed by atoms with Gasteiger partial charge in [0.05, 0.1) is 0 Å². The van der Waals surface area contributed by atoms with Gasteiger partial charge in [0.15, 0.2) is 0 Å². The van der Waals surface area contributed by atoms with Crippen LogP contribution in [0.2, 0.25) is 5.02 Å². The fourth-order valence-electron chi connectivity index (χ4n) is 5.18. The van der Waals surface area contributed by atoms with Crippen LogP contribution in [0.15, 0.2) is 120 Å². The van der Waals surface area contributed by atoms with E-state index in [1.165, 1.54) is 0 Å². The van der Waals surface area contributed by atoms with Crippen molar-refractivity contribution >= 4 is 27.5 Å². The molecule has 0 aliphatic heterocycles. The maximum Gasteiger partial charge on any atom is 0.142 e. The number of rotatable bonds is 2. The zero-order chi connectivity index (χ0) is 23.3. The molecule has 34 heavy (non-hydrogen) atoms. The second-order valence-corrected chi connectivity index (χ2v) is 9.90. The monoisotopic (exact) mass is 522 g/mol. The summed E-state index contributed by atoms with van der Waals surface area (Å²) in [6, 6.07) is 38.5. The summed E-state index contributed by atoms with van der Waals surface area (Å²) >= 11 is 10.0. The van der Waals surface area contributed by atoms with Crippen LogP contribution in [0.25, 0.3) is 33.4 Å². The van der Waals surface area contributed by atoms with E-state index < -0.39 is 5.60 Å². The molecular formula is C31H20BrClO. The molecular weight excluding hydrogens is 504 g/mol. The van der Waals surface area contributed by atoms with Gasteiger partial charge in [-0.15, -0.1) is 0 Å². The zero-order valence-corrected chi connectivity index (χ0v) is 20.5. The van der Waals surface area contributed by atoms with Crippen LogP contribution >= 0.6 is 27.5 Å². The lowest BCUT2D eigenvalue weighted by molar-refractivity contribution is 0.128. The van der Waals surface area contributed by atoms with E-state index in [2.05, 4.69) is 58.4 Å². The topological polar surface area (TPSA) is 20.2 Å². The van der Waals surface area contributed by atoms with Gasteiger partial charge >= 0.3 is 0 Å². The molecule has 0 radical (unpaired) electrons. The summed E-state index contributed by atoms with van der Waals surface area (Å²) in [5, 5.41) is 13.6. The Labute approximate surface area is 212 Å². The minimum absolute atomic E-state index is 0.664. The van der Waals surface area contributed by atoms with Gasteiger partial charge in [0.2, 0.25) is 0 Å². The number of halogens is 2. The molecule has 5 aromatic rings. The molecule has 0 saturated heterocycles. The van der Waals surface area contributed by atoms with Crippen molar-refractivity contribution in [2.45, 2.75) is 5.60 Å². The molecule has 0 fully saturated rings. The standard InChI is InChI=1S/C31H20BrClO/c32-21-16-17-30-27(19-21)25-12-2-1-11-24(25)26-13-4-6-15-29(26)31(30,34)28-14-5-3-10-23(28)20-8-7-9-22(33)18-20/h1-19,34H. The third-order valence-electron chi connectivity index (χ3n) is 6.65. The van der Waals surface area contributed by atoms with Gasteiger partial charge in [0.1, 0.15) is 5.60 Å². The third kappa shape index (κ3) is 3.25.